The first-order valence-corrected chi connectivity index (χ1v) is 6.69. The number of thioether (sulfide) groups is 1. The zero-order valence-electron chi connectivity index (χ0n) is 9.61. The molecule has 0 aromatic heterocycles. The maximum Gasteiger partial charge on any atom is 0.154 e. The number of amidine groups is 1. The number of benzene rings is 1. The van der Waals surface area contributed by atoms with Crippen LogP contribution in [0.25, 0.3) is 0 Å². The molecule has 0 saturated carbocycles. The molecule has 4 heteroatoms. The standard InChI is InChI=1S/C12H17ClN2S/c1-3-9(2)15-12(14)16-8-10-6-4-5-7-11(10)13/h4-7,9H,3,8H2,1-2H3,(H2,14,15)/t9-/m1/s1. The minimum atomic E-state index is 0.291. The highest BCUT2D eigenvalue weighted by Crippen LogP contribution is 2.20. The van der Waals surface area contributed by atoms with Crippen molar-refractivity contribution in [3.63, 3.8) is 0 Å². The molecule has 0 bridgehead atoms. The summed E-state index contributed by atoms with van der Waals surface area (Å²) in [6.07, 6.45) is 1.01. The molecule has 88 valence electrons. The fraction of sp³-hybridized carbons (Fsp3) is 0.417. The van der Waals surface area contributed by atoms with Gasteiger partial charge in [0.1, 0.15) is 0 Å². The van der Waals surface area contributed by atoms with E-state index >= 15 is 0 Å². The summed E-state index contributed by atoms with van der Waals surface area (Å²) in [4.78, 5) is 4.35. The molecule has 0 spiro atoms. The van der Waals surface area contributed by atoms with Gasteiger partial charge in [0, 0.05) is 16.8 Å². The zero-order valence-corrected chi connectivity index (χ0v) is 11.2. The van der Waals surface area contributed by atoms with Crippen LogP contribution in [0.1, 0.15) is 25.8 Å². The van der Waals surface area contributed by atoms with Crippen LogP contribution in [0, 0.1) is 0 Å². The summed E-state index contributed by atoms with van der Waals surface area (Å²) in [5, 5.41) is 1.42. The number of aliphatic imine (C=N–C) groups is 1. The van der Waals surface area contributed by atoms with Crippen molar-refractivity contribution in [3.8, 4) is 0 Å². The highest BCUT2D eigenvalue weighted by Gasteiger charge is 2.02. The van der Waals surface area contributed by atoms with Crippen LogP contribution in [0.5, 0.6) is 0 Å². The number of rotatable bonds is 4. The predicted octanol–water partition coefficient (Wildman–Crippen LogP) is 3.69. The number of halogens is 1. The van der Waals surface area contributed by atoms with Crippen molar-refractivity contribution in [2.24, 2.45) is 10.7 Å². The van der Waals surface area contributed by atoms with Gasteiger partial charge in [-0.15, -0.1) is 0 Å². The quantitative estimate of drug-likeness (QED) is 0.659. The summed E-state index contributed by atoms with van der Waals surface area (Å²) >= 11 is 7.58. The van der Waals surface area contributed by atoms with Crippen LogP contribution in [0.2, 0.25) is 5.02 Å². The molecule has 0 aliphatic heterocycles. The van der Waals surface area contributed by atoms with Gasteiger partial charge < -0.3 is 5.73 Å². The van der Waals surface area contributed by atoms with Crippen molar-refractivity contribution in [1.29, 1.82) is 0 Å². The van der Waals surface area contributed by atoms with Gasteiger partial charge in [-0.05, 0) is 25.0 Å². The highest BCUT2D eigenvalue weighted by atomic mass is 35.5. The van der Waals surface area contributed by atoms with Crippen LogP contribution in [0.3, 0.4) is 0 Å². The zero-order chi connectivity index (χ0) is 12.0. The summed E-state index contributed by atoms with van der Waals surface area (Å²) < 4.78 is 0. The minimum Gasteiger partial charge on any atom is -0.379 e. The van der Waals surface area contributed by atoms with E-state index in [9.17, 15) is 0 Å². The van der Waals surface area contributed by atoms with E-state index in [1.54, 1.807) is 0 Å². The van der Waals surface area contributed by atoms with Gasteiger partial charge >= 0.3 is 0 Å². The topological polar surface area (TPSA) is 38.4 Å². The summed E-state index contributed by atoms with van der Waals surface area (Å²) in [5.41, 5.74) is 6.91. The van der Waals surface area contributed by atoms with Gasteiger partial charge in [0.15, 0.2) is 5.17 Å². The average molecular weight is 257 g/mol. The van der Waals surface area contributed by atoms with E-state index in [0.717, 1.165) is 22.8 Å². The Morgan fingerprint density at radius 3 is 2.81 bits per heavy atom. The largest absolute Gasteiger partial charge is 0.379 e. The Balaban J connectivity index is 2.52. The van der Waals surface area contributed by atoms with Crippen LogP contribution in [-0.4, -0.2) is 11.2 Å². The Bertz CT molecular complexity index is 366. The van der Waals surface area contributed by atoms with E-state index in [0.29, 0.717) is 11.2 Å². The molecule has 0 radical (unpaired) electrons. The molecule has 0 aliphatic carbocycles. The number of hydrogen-bond donors (Lipinski definition) is 1. The average Bonchev–Trinajstić information content (AvgIpc) is 2.28. The Labute approximate surface area is 106 Å². The summed E-state index contributed by atoms with van der Waals surface area (Å²) in [5.74, 6) is 0.769. The van der Waals surface area contributed by atoms with E-state index in [1.165, 1.54) is 11.8 Å². The van der Waals surface area contributed by atoms with Crippen molar-refractivity contribution in [2.45, 2.75) is 32.1 Å². The van der Waals surface area contributed by atoms with Gasteiger partial charge in [0.05, 0.1) is 0 Å². The number of nitrogens with two attached hydrogens (primary N) is 1. The Hall–Kier alpha value is -0.670. The maximum absolute atomic E-state index is 6.05. The van der Waals surface area contributed by atoms with Crippen molar-refractivity contribution in [1.82, 2.24) is 0 Å². The SMILES string of the molecule is CC[C@@H](C)N=C(N)SCc1ccccc1Cl. The van der Waals surface area contributed by atoms with Gasteiger partial charge in [-0.1, -0.05) is 48.5 Å². The summed E-state index contributed by atoms with van der Waals surface area (Å²) in [6, 6.07) is 8.08. The van der Waals surface area contributed by atoms with Crippen LogP contribution in [0.4, 0.5) is 0 Å². The summed E-state index contributed by atoms with van der Waals surface area (Å²) in [6.45, 7) is 4.16. The molecular weight excluding hydrogens is 240 g/mol. The highest BCUT2D eigenvalue weighted by molar-refractivity contribution is 8.13. The van der Waals surface area contributed by atoms with Gasteiger partial charge in [-0.2, -0.15) is 0 Å². The Morgan fingerprint density at radius 1 is 1.50 bits per heavy atom. The van der Waals surface area contributed by atoms with E-state index in [-0.39, 0.29) is 0 Å². The lowest BCUT2D eigenvalue weighted by atomic mass is 10.2. The van der Waals surface area contributed by atoms with Gasteiger partial charge in [0.2, 0.25) is 0 Å². The molecular formula is C12H17ClN2S. The van der Waals surface area contributed by atoms with E-state index in [4.69, 9.17) is 17.3 Å². The van der Waals surface area contributed by atoms with E-state index in [2.05, 4.69) is 18.8 Å². The second kappa shape index (κ2) is 6.81. The molecule has 1 aromatic carbocycles. The lowest BCUT2D eigenvalue weighted by Crippen LogP contribution is -2.11. The van der Waals surface area contributed by atoms with E-state index < -0.39 is 0 Å². The molecule has 0 amide bonds. The second-order valence-electron chi connectivity index (χ2n) is 3.60. The molecule has 2 N–H and O–H groups in total. The third kappa shape index (κ3) is 4.45. The molecule has 0 aliphatic rings. The number of hydrogen-bond acceptors (Lipinski definition) is 2. The van der Waals surface area contributed by atoms with Gasteiger partial charge in [-0.3, -0.25) is 4.99 Å². The van der Waals surface area contributed by atoms with Crippen molar-refractivity contribution in [2.75, 3.05) is 0 Å². The first kappa shape index (κ1) is 13.4. The minimum absolute atomic E-state index is 0.291. The van der Waals surface area contributed by atoms with Crippen LogP contribution < -0.4 is 5.73 Å². The predicted molar refractivity (Wildman–Crippen MR) is 74.1 cm³/mol. The third-order valence-corrected chi connectivity index (χ3v) is 3.50. The fourth-order valence-electron chi connectivity index (χ4n) is 1.11. The Kier molecular flexibility index (Phi) is 5.71. The molecule has 0 fully saturated rings. The first-order valence-electron chi connectivity index (χ1n) is 5.33. The molecule has 0 saturated heterocycles. The maximum atomic E-state index is 6.05. The smallest absolute Gasteiger partial charge is 0.154 e. The molecule has 0 heterocycles. The van der Waals surface area contributed by atoms with Crippen molar-refractivity contribution >= 4 is 28.5 Å². The second-order valence-corrected chi connectivity index (χ2v) is 5.01. The van der Waals surface area contributed by atoms with Gasteiger partial charge in [-0.25, -0.2) is 0 Å². The molecule has 1 atom stereocenters. The van der Waals surface area contributed by atoms with Crippen LogP contribution in [-0.2, 0) is 5.75 Å². The van der Waals surface area contributed by atoms with Gasteiger partial charge in [0.25, 0.3) is 0 Å². The van der Waals surface area contributed by atoms with E-state index in [1.807, 2.05) is 24.3 Å². The molecule has 2 nitrogen and oxygen atoms in total. The lowest BCUT2D eigenvalue weighted by Gasteiger charge is -2.06. The first-order chi connectivity index (χ1) is 7.63. The Morgan fingerprint density at radius 2 is 2.19 bits per heavy atom. The molecule has 1 rings (SSSR count). The van der Waals surface area contributed by atoms with Crippen molar-refractivity contribution < 1.29 is 0 Å². The van der Waals surface area contributed by atoms with Crippen LogP contribution in [0.15, 0.2) is 29.3 Å². The molecule has 0 unspecified atom stereocenters. The lowest BCUT2D eigenvalue weighted by molar-refractivity contribution is 0.718. The normalized spacial score (nSPS) is 13.8. The molecule has 1 aromatic rings. The fourth-order valence-corrected chi connectivity index (χ4v) is 2.20. The molecule has 16 heavy (non-hydrogen) atoms. The number of nitrogens with zero attached hydrogens (tertiary/aromatic N) is 1. The van der Waals surface area contributed by atoms with Crippen LogP contribution >= 0.6 is 23.4 Å². The third-order valence-electron chi connectivity index (χ3n) is 2.27. The van der Waals surface area contributed by atoms with Crippen molar-refractivity contribution in [3.05, 3.63) is 34.9 Å². The summed E-state index contributed by atoms with van der Waals surface area (Å²) in [7, 11) is 0. The monoisotopic (exact) mass is 256 g/mol.